The molecule has 4 rings (SSSR count). The molecule has 0 aromatic heterocycles. The molecule has 1 heteroatoms. The lowest BCUT2D eigenvalue weighted by molar-refractivity contribution is 0.345. The lowest BCUT2D eigenvalue weighted by Gasteiger charge is -2.31. The van der Waals surface area contributed by atoms with Crippen molar-refractivity contribution in [1.82, 2.24) is 0 Å². The van der Waals surface area contributed by atoms with E-state index < -0.39 is 0 Å². The topological polar surface area (TPSA) is 20.2 Å². The van der Waals surface area contributed by atoms with Gasteiger partial charge in [-0.2, -0.15) is 0 Å². The Morgan fingerprint density at radius 1 is 1.05 bits per heavy atom. The maximum absolute atomic E-state index is 9.62. The average molecular weight is 252 g/mol. The molecule has 2 aromatic rings. The van der Waals surface area contributed by atoms with Gasteiger partial charge in [0.1, 0.15) is 5.75 Å². The quantitative estimate of drug-likeness (QED) is 0.725. The molecule has 19 heavy (non-hydrogen) atoms. The molecule has 0 bridgehead atoms. The molecule has 98 valence electrons. The highest BCUT2D eigenvalue weighted by Crippen LogP contribution is 2.50. The first-order valence-electron chi connectivity index (χ1n) is 7.48. The van der Waals surface area contributed by atoms with Gasteiger partial charge < -0.3 is 5.11 Å². The number of phenols is 1. The van der Waals surface area contributed by atoms with Crippen molar-refractivity contribution in [3.63, 3.8) is 0 Å². The van der Waals surface area contributed by atoms with E-state index in [1.165, 1.54) is 36.5 Å². The summed E-state index contributed by atoms with van der Waals surface area (Å²) >= 11 is 0. The van der Waals surface area contributed by atoms with Gasteiger partial charge in [-0.1, -0.05) is 25.1 Å². The monoisotopic (exact) mass is 252 g/mol. The highest BCUT2D eigenvalue weighted by Gasteiger charge is 2.38. The molecule has 3 atom stereocenters. The Labute approximate surface area is 114 Å². The first-order chi connectivity index (χ1) is 9.24. The number of fused-ring (bicyclic) bond motifs is 5. The minimum atomic E-state index is 0.371. The van der Waals surface area contributed by atoms with Crippen LogP contribution in [0.25, 0.3) is 10.8 Å². The summed E-state index contributed by atoms with van der Waals surface area (Å²) in [6.07, 6.45) is 5.31. The zero-order valence-electron chi connectivity index (χ0n) is 11.4. The normalized spacial score (nSPS) is 29.2. The summed E-state index contributed by atoms with van der Waals surface area (Å²) in [5.74, 6) is 2.96. The average Bonchev–Trinajstić information content (AvgIpc) is 2.80. The zero-order chi connectivity index (χ0) is 13.0. The van der Waals surface area contributed by atoms with Crippen LogP contribution in [0.2, 0.25) is 0 Å². The van der Waals surface area contributed by atoms with Gasteiger partial charge in [-0.25, -0.2) is 0 Å². The maximum Gasteiger partial charge on any atom is 0.116 e. The fourth-order valence-electron chi connectivity index (χ4n) is 4.47. The second-order valence-electron chi connectivity index (χ2n) is 6.40. The molecule has 2 aliphatic carbocycles. The third-order valence-corrected chi connectivity index (χ3v) is 5.46. The Bertz CT molecular complexity index is 643. The van der Waals surface area contributed by atoms with E-state index >= 15 is 0 Å². The smallest absolute Gasteiger partial charge is 0.116 e. The second kappa shape index (κ2) is 4.00. The Hall–Kier alpha value is -1.50. The van der Waals surface area contributed by atoms with E-state index in [9.17, 15) is 5.11 Å². The van der Waals surface area contributed by atoms with Crippen LogP contribution in [0, 0.1) is 11.8 Å². The minimum absolute atomic E-state index is 0.371. The van der Waals surface area contributed by atoms with Crippen LogP contribution in [0.5, 0.6) is 5.75 Å². The van der Waals surface area contributed by atoms with E-state index in [0.717, 1.165) is 17.8 Å². The molecule has 0 amide bonds. The van der Waals surface area contributed by atoms with Gasteiger partial charge in [-0.3, -0.25) is 0 Å². The van der Waals surface area contributed by atoms with Gasteiger partial charge in [0.15, 0.2) is 0 Å². The lowest BCUT2D eigenvalue weighted by Crippen LogP contribution is -2.19. The molecule has 0 radical (unpaired) electrons. The van der Waals surface area contributed by atoms with E-state index in [1.54, 1.807) is 11.1 Å². The van der Waals surface area contributed by atoms with Crippen molar-refractivity contribution in [3.8, 4) is 5.75 Å². The van der Waals surface area contributed by atoms with Crippen LogP contribution >= 0.6 is 0 Å². The summed E-state index contributed by atoms with van der Waals surface area (Å²) < 4.78 is 0. The molecule has 1 nitrogen and oxygen atoms in total. The minimum Gasteiger partial charge on any atom is -0.508 e. The van der Waals surface area contributed by atoms with E-state index in [2.05, 4.69) is 25.1 Å². The summed E-state index contributed by atoms with van der Waals surface area (Å²) in [4.78, 5) is 0. The predicted molar refractivity (Wildman–Crippen MR) is 78.6 cm³/mol. The van der Waals surface area contributed by atoms with Crippen molar-refractivity contribution in [2.75, 3.05) is 0 Å². The second-order valence-corrected chi connectivity index (χ2v) is 6.40. The van der Waals surface area contributed by atoms with Crippen molar-refractivity contribution in [1.29, 1.82) is 0 Å². The molecule has 0 unspecified atom stereocenters. The van der Waals surface area contributed by atoms with Crippen molar-refractivity contribution < 1.29 is 5.11 Å². The fraction of sp³-hybridized carbons (Fsp3) is 0.444. The van der Waals surface area contributed by atoms with Crippen LogP contribution in [-0.4, -0.2) is 5.11 Å². The van der Waals surface area contributed by atoms with E-state index in [0.29, 0.717) is 5.75 Å². The summed E-state index contributed by atoms with van der Waals surface area (Å²) in [6.45, 7) is 2.43. The third-order valence-electron chi connectivity index (χ3n) is 5.46. The summed E-state index contributed by atoms with van der Waals surface area (Å²) in [6, 6.07) is 10.3. The number of benzene rings is 2. The van der Waals surface area contributed by atoms with E-state index in [1.807, 2.05) is 12.1 Å². The number of aromatic hydroxyl groups is 1. The van der Waals surface area contributed by atoms with Gasteiger partial charge >= 0.3 is 0 Å². The zero-order valence-corrected chi connectivity index (χ0v) is 11.4. The Kier molecular flexibility index (Phi) is 2.38. The fourth-order valence-corrected chi connectivity index (χ4v) is 4.47. The highest BCUT2D eigenvalue weighted by molar-refractivity contribution is 5.88. The Balaban J connectivity index is 1.91. The van der Waals surface area contributed by atoms with Crippen LogP contribution in [0.3, 0.4) is 0 Å². The molecule has 0 aliphatic heterocycles. The van der Waals surface area contributed by atoms with E-state index in [4.69, 9.17) is 0 Å². The molecule has 0 spiro atoms. The highest BCUT2D eigenvalue weighted by atomic mass is 16.3. The molecule has 1 fully saturated rings. The van der Waals surface area contributed by atoms with Gasteiger partial charge in [-0.15, -0.1) is 0 Å². The van der Waals surface area contributed by atoms with E-state index in [-0.39, 0.29) is 0 Å². The predicted octanol–water partition coefficient (Wildman–Crippen LogP) is 4.62. The number of hydrogen-bond acceptors (Lipinski definition) is 1. The largest absolute Gasteiger partial charge is 0.508 e. The van der Waals surface area contributed by atoms with Crippen LogP contribution in [0.1, 0.15) is 43.2 Å². The molecular weight excluding hydrogens is 232 g/mol. The molecule has 1 saturated carbocycles. The lowest BCUT2D eigenvalue weighted by atomic mass is 9.73. The van der Waals surface area contributed by atoms with Gasteiger partial charge in [-0.05, 0) is 77.5 Å². The first kappa shape index (κ1) is 11.3. The van der Waals surface area contributed by atoms with Crippen LogP contribution in [0.15, 0.2) is 30.3 Å². The third kappa shape index (κ3) is 1.60. The Morgan fingerprint density at radius 3 is 2.84 bits per heavy atom. The number of rotatable bonds is 0. The molecule has 0 saturated heterocycles. The molecule has 2 aromatic carbocycles. The van der Waals surface area contributed by atoms with Crippen LogP contribution < -0.4 is 0 Å². The van der Waals surface area contributed by atoms with Gasteiger partial charge in [0, 0.05) is 0 Å². The molecule has 2 aliphatic rings. The first-order valence-corrected chi connectivity index (χ1v) is 7.48. The molecular formula is C18H20O. The van der Waals surface area contributed by atoms with Crippen molar-refractivity contribution in [3.05, 3.63) is 41.5 Å². The summed E-state index contributed by atoms with van der Waals surface area (Å²) in [5, 5.41) is 12.2. The van der Waals surface area contributed by atoms with Crippen LogP contribution in [-0.2, 0) is 6.42 Å². The summed E-state index contributed by atoms with van der Waals surface area (Å²) in [5.41, 5.74) is 3.15. The number of aryl methyl sites for hydroxylation is 1. The van der Waals surface area contributed by atoms with Crippen LogP contribution in [0.4, 0.5) is 0 Å². The van der Waals surface area contributed by atoms with Gasteiger partial charge in [0.25, 0.3) is 0 Å². The SMILES string of the molecule is C[C@H]1CC[C@@H]2c3ccc4cc(O)ccc4c3CC[C@@H]21. The number of hydrogen-bond donors (Lipinski definition) is 1. The summed E-state index contributed by atoms with van der Waals surface area (Å²) in [7, 11) is 0. The van der Waals surface area contributed by atoms with Gasteiger partial charge in [0.05, 0.1) is 0 Å². The Morgan fingerprint density at radius 2 is 1.95 bits per heavy atom. The van der Waals surface area contributed by atoms with Gasteiger partial charge in [0.2, 0.25) is 0 Å². The standard InChI is InChI=1S/C18H20O/c1-11-2-5-16-14(11)8-9-17-15-7-4-13(19)10-12(15)3-6-18(16)17/h3-4,6-7,10-11,14,16,19H,2,5,8-9H2,1H3/t11-,14+,16-/m0/s1. The molecule has 1 N–H and O–H groups in total. The van der Waals surface area contributed by atoms with Crippen molar-refractivity contribution >= 4 is 10.8 Å². The van der Waals surface area contributed by atoms with Crippen molar-refractivity contribution in [2.45, 2.75) is 38.5 Å². The maximum atomic E-state index is 9.62. The van der Waals surface area contributed by atoms with Crippen molar-refractivity contribution in [2.24, 2.45) is 11.8 Å². The number of phenolic OH excluding ortho intramolecular Hbond substituents is 1. The molecule has 0 heterocycles.